The molecule has 1 amide bonds. The van der Waals surface area contributed by atoms with Crippen LogP contribution < -0.4 is 11.1 Å². The van der Waals surface area contributed by atoms with Crippen LogP contribution in [0.3, 0.4) is 0 Å². The van der Waals surface area contributed by atoms with Crippen LogP contribution in [0.4, 0.5) is 4.39 Å². The largest absolute Gasteiger partial charge is 0.398 e. The lowest BCUT2D eigenvalue weighted by Crippen LogP contribution is -2.21. The third-order valence-electron chi connectivity index (χ3n) is 4.33. The highest BCUT2D eigenvalue weighted by Gasteiger charge is 2.18. The summed E-state index contributed by atoms with van der Waals surface area (Å²) in [5.74, 6) is -0.528. The molecule has 3 N–H and O–H groups in total. The Labute approximate surface area is 158 Å². The molecule has 0 aliphatic heterocycles. The van der Waals surface area contributed by atoms with E-state index in [1.807, 2.05) is 18.2 Å². The summed E-state index contributed by atoms with van der Waals surface area (Å²) in [5.41, 5.74) is 10.3. The minimum atomic E-state index is -0.279. The number of nitrogens with zero attached hydrogens (tertiary/aromatic N) is 1. The maximum absolute atomic E-state index is 13.2. The van der Waals surface area contributed by atoms with Gasteiger partial charge in [-0.25, -0.2) is 4.39 Å². The number of amides is 1. The number of hydrogen-bond acceptors (Lipinski definition) is 3. The van der Waals surface area contributed by atoms with Gasteiger partial charge in [0.2, 0.25) is 5.91 Å². The van der Waals surface area contributed by atoms with E-state index in [2.05, 4.69) is 16.9 Å². The molecule has 1 aliphatic rings. The molecule has 0 aromatic heterocycles. The van der Waals surface area contributed by atoms with Crippen molar-refractivity contribution >= 4 is 17.8 Å². The van der Waals surface area contributed by atoms with Gasteiger partial charge in [0.15, 0.2) is 0 Å². The van der Waals surface area contributed by atoms with Crippen molar-refractivity contribution in [1.82, 2.24) is 5.32 Å². The Bertz CT molecular complexity index is 896. The number of carbonyl (C=O) groups is 1. The van der Waals surface area contributed by atoms with Crippen molar-refractivity contribution in [2.75, 3.05) is 0 Å². The van der Waals surface area contributed by atoms with E-state index < -0.39 is 0 Å². The lowest BCUT2D eigenvalue weighted by Gasteiger charge is -2.13. The van der Waals surface area contributed by atoms with Crippen molar-refractivity contribution in [1.29, 1.82) is 0 Å². The Balaban J connectivity index is 1.92. The second-order valence-electron chi connectivity index (χ2n) is 6.45. The van der Waals surface area contributed by atoms with Crippen molar-refractivity contribution in [2.24, 2.45) is 10.7 Å². The monoisotopic (exact) mass is 363 g/mol. The molecule has 0 spiro atoms. The third kappa shape index (κ3) is 5.14. The number of nitrogens with one attached hydrogen (secondary N) is 1. The highest BCUT2D eigenvalue weighted by molar-refractivity contribution is 5.88. The summed E-state index contributed by atoms with van der Waals surface area (Å²) in [6.07, 6.45) is 7.00. The zero-order chi connectivity index (χ0) is 19.2. The number of rotatable bonds is 7. The van der Waals surface area contributed by atoms with Gasteiger partial charge in [0.05, 0.1) is 6.04 Å². The van der Waals surface area contributed by atoms with E-state index in [4.69, 9.17) is 5.73 Å². The van der Waals surface area contributed by atoms with Gasteiger partial charge < -0.3 is 11.1 Å². The third-order valence-corrected chi connectivity index (χ3v) is 4.33. The first-order valence-electron chi connectivity index (χ1n) is 8.85. The molecule has 0 heterocycles. The summed E-state index contributed by atoms with van der Waals surface area (Å²) < 4.78 is 13.2. The Hall–Kier alpha value is -3.21. The second kappa shape index (κ2) is 8.45. The number of aliphatic imine (C=N–C) groups is 1. The van der Waals surface area contributed by atoms with E-state index in [0.717, 1.165) is 35.1 Å². The maximum atomic E-state index is 13.2. The van der Waals surface area contributed by atoms with Gasteiger partial charge in [0.25, 0.3) is 0 Å². The van der Waals surface area contributed by atoms with Gasteiger partial charge in [-0.3, -0.25) is 9.79 Å². The Kier molecular flexibility index (Phi) is 5.81. The molecule has 0 saturated heterocycles. The molecule has 0 radical (unpaired) electrons. The summed E-state index contributed by atoms with van der Waals surface area (Å²) in [6, 6.07) is 12.5. The second-order valence-corrected chi connectivity index (χ2v) is 6.45. The predicted molar refractivity (Wildman–Crippen MR) is 108 cm³/mol. The fraction of sp³-hybridized carbons (Fsp3) is 0.182. The molecule has 3 rings (SSSR count). The normalized spacial score (nSPS) is 14.3. The summed E-state index contributed by atoms with van der Waals surface area (Å²) in [5, 5.41) is 2.77. The highest BCUT2D eigenvalue weighted by Crippen LogP contribution is 2.26. The molecule has 1 aliphatic carbocycles. The fourth-order valence-corrected chi connectivity index (χ4v) is 2.63. The maximum Gasteiger partial charge on any atom is 0.243 e. The van der Waals surface area contributed by atoms with E-state index >= 15 is 0 Å². The molecule has 5 heteroatoms. The molecule has 0 bridgehead atoms. The molecule has 2 aromatic rings. The lowest BCUT2D eigenvalue weighted by atomic mass is 9.97. The highest BCUT2D eigenvalue weighted by atomic mass is 19.1. The predicted octanol–water partition coefficient (Wildman–Crippen LogP) is 3.83. The molecule has 27 heavy (non-hydrogen) atoms. The molecule has 0 atom stereocenters. The van der Waals surface area contributed by atoms with Gasteiger partial charge >= 0.3 is 0 Å². The van der Waals surface area contributed by atoms with E-state index in [1.54, 1.807) is 24.4 Å². The molecule has 2 aromatic carbocycles. The first kappa shape index (κ1) is 18.6. The smallest absolute Gasteiger partial charge is 0.243 e. The van der Waals surface area contributed by atoms with Crippen LogP contribution in [0.15, 0.2) is 66.2 Å². The Morgan fingerprint density at radius 2 is 1.93 bits per heavy atom. The number of nitrogens with two attached hydrogens (primary N) is 1. The Morgan fingerprint density at radius 3 is 2.59 bits per heavy atom. The van der Waals surface area contributed by atoms with Crippen LogP contribution in [0.25, 0.3) is 16.8 Å². The van der Waals surface area contributed by atoms with Gasteiger partial charge in [0, 0.05) is 24.0 Å². The van der Waals surface area contributed by atoms with Gasteiger partial charge in [-0.05, 0) is 59.9 Å². The van der Waals surface area contributed by atoms with E-state index in [1.165, 1.54) is 18.2 Å². The summed E-state index contributed by atoms with van der Waals surface area (Å²) >= 11 is 0. The van der Waals surface area contributed by atoms with Gasteiger partial charge in [-0.15, -0.1) is 0 Å². The van der Waals surface area contributed by atoms with Gasteiger partial charge in [-0.2, -0.15) is 0 Å². The van der Waals surface area contributed by atoms with Crippen molar-refractivity contribution in [3.8, 4) is 11.1 Å². The van der Waals surface area contributed by atoms with Crippen molar-refractivity contribution in [2.45, 2.75) is 25.4 Å². The Morgan fingerprint density at radius 1 is 1.22 bits per heavy atom. The van der Waals surface area contributed by atoms with E-state index in [0.29, 0.717) is 18.3 Å². The number of carbonyl (C=O) groups excluding carboxylic acids is 1. The van der Waals surface area contributed by atoms with Crippen LogP contribution in [-0.2, 0) is 11.3 Å². The average Bonchev–Trinajstić information content (AvgIpc) is 3.51. The van der Waals surface area contributed by atoms with Crippen molar-refractivity contribution in [3.63, 3.8) is 0 Å². The van der Waals surface area contributed by atoms with Crippen LogP contribution in [0, 0.1) is 5.82 Å². The zero-order valence-electron chi connectivity index (χ0n) is 15.0. The molecule has 4 nitrogen and oxygen atoms in total. The van der Waals surface area contributed by atoms with Crippen molar-refractivity contribution in [3.05, 3.63) is 78.1 Å². The SMILES string of the molecule is C=CC(=O)NCc1ccc(-c2ccc(F)cc2)cc1C(N)=CC=NC1CC1. The summed E-state index contributed by atoms with van der Waals surface area (Å²) in [6.45, 7) is 3.79. The lowest BCUT2D eigenvalue weighted by molar-refractivity contribution is -0.116. The average molecular weight is 363 g/mol. The number of halogens is 1. The van der Waals surface area contributed by atoms with Crippen LogP contribution in [0.1, 0.15) is 24.0 Å². The molecule has 0 unspecified atom stereocenters. The quantitative estimate of drug-likeness (QED) is 0.580. The minimum absolute atomic E-state index is 0.249. The number of benzene rings is 2. The summed E-state index contributed by atoms with van der Waals surface area (Å²) in [7, 11) is 0. The first-order valence-corrected chi connectivity index (χ1v) is 8.85. The van der Waals surface area contributed by atoms with E-state index in [9.17, 15) is 9.18 Å². The summed E-state index contributed by atoms with van der Waals surface area (Å²) in [4.78, 5) is 15.9. The van der Waals surface area contributed by atoms with Crippen LogP contribution in [-0.4, -0.2) is 18.2 Å². The standard InChI is InChI=1S/C22H22FN3O/c1-2-22(27)26-14-17-4-3-16(15-5-7-18(23)8-6-15)13-20(17)21(24)11-12-25-19-9-10-19/h2-8,11-13,19H,1,9-10,14,24H2,(H,26,27). The minimum Gasteiger partial charge on any atom is -0.398 e. The van der Waals surface area contributed by atoms with Gasteiger partial charge in [0.1, 0.15) is 5.82 Å². The van der Waals surface area contributed by atoms with Crippen molar-refractivity contribution < 1.29 is 9.18 Å². The molecule has 1 saturated carbocycles. The van der Waals surface area contributed by atoms with Crippen LogP contribution >= 0.6 is 0 Å². The molecule has 138 valence electrons. The molecular weight excluding hydrogens is 341 g/mol. The topological polar surface area (TPSA) is 67.5 Å². The first-order chi connectivity index (χ1) is 13.1. The van der Waals surface area contributed by atoms with Crippen LogP contribution in [0.5, 0.6) is 0 Å². The molecular formula is C22H22FN3O. The zero-order valence-corrected chi connectivity index (χ0v) is 15.0. The van der Waals surface area contributed by atoms with Gasteiger partial charge in [-0.1, -0.05) is 30.8 Å². The number of hydrogen-bond donors (Lipinski definition) is 2. The van der Waals surface area contributed by atoms with Crippen LogP contribution in [0.2, 0.25) is 0 Å². The van der Waals surface area contributed by atoms with E-state index in [-0.39, 0.29) is 11.7 Å². The number of allylic oxidation sites excluding steroid dienone is 1. The molecule has 1 fully saturated rings. The fourth-order valence-electron chi connectivity index (χ4n) is 2.63.